The van der Waals surface area contributed by atoms with E-state index in [4.69, 9.17) is 11.6 Å². The summed E-state index contributed by atoms with van der Waals surface area (Å²) in [5.41, 5.74) is 0.571. The molecular formula is C14H16ClN3O. The van der Waals surface area contributed by atoms with Crippen LogP contribution in [-0.2, 0) is 6.54 Å². The third-order valence-corrected chi connectivity index (χ3v) is 3.94. The maximum atomic E-state index is 12.4. The highest BCUT2D eigenvalue weighted by Gasteiger charge is 2.14. The van der Waals surface area contributed by atoms with Crippen LogP contribution < -0.4 is 10.9 Å². The zero-order valence-electron chi connectivity index (χ0n) is 10.6. The first-order chi connectivity index (χ1) is 9.25. The molecule has 0 bridgehead atoms. The lowest BCUT2D eigenvalue weighted by Crippen LogP contribution is -2.39. The highest BCUT2D eigenvalue weighted by Crippen LogP contribution is 2.18. The molecule has 0 spiro atoms. The molecule has 1 aromatic heterocycles. The van der Waals surface area contributed by atoms with Crippen molar-refractivity contribution in [2.24, 2.45) is 0 Å². The van der Waals surface area contributed by atoms with Gasteiger partial charge in [-0.1, -0.05) is 24.1 Å². The van der Waals surface area contributed by atoms with Crippen LogP contribution in [-0.4, -0.2) is 22.1 Å². The van der Waals surface area contributed by atoms with Gasteiger partial charge >= 0.3 is 0 Å². The van der Waals surface area contributed by atoms with Gasteiger partial charge in [0, 0.05) is 12.6 Å². The Balaban J connectivity index is 1.96. The van der Waals surface area contributed by atoms with Gasteiger partial charge in [-0.05, 0) is 31.5 Å². The van der Waals surface area contributed by atoms with E-state index in [0.717, 1.165) is 13.0 Å². The molecule has 3 rings (SSSR count). The first-order valence-electron chi connectivity index (χ1n) is 6.63. The van der Waals surface area contributed by atoms with Crippen molar-refractivity contribution in [3.8, 4) is 0 Å². The lowest BCUT2D eigenvalue weighted by atomic mass is 10.1. The van der Waals surface area contributed by atoms with E-state index in [0.29, 0.717) is 28.5 Å². The van der Waals surface area contributed by atoms with Crippen molar-refractivity contribution < 1.29 is 0 Å². The number of rotatable bonds is 2. The van der Waals surface area contributed by atoms with Crippen molar-refractivity contribution >= 4 is 22.5 Å². The third-order valence-electron chi connectivity index (χ3n) is 3.63. The fourth-order valence-electron chi connectivity index (χ4n) is 2.60. The molecule has 1 fully saturated rings. The quantitative estimate of drug-likeness (QED) is 0.915. The Labute approximate surface area is 116 Å². The monoisotopic (exact) mass is 277 g/mol. The minimum Gasteiger partial charge on any atom is -0.312 e. The fraction of sp³-hybridized carbons (Fsp3) is 0.429. The molecule has 100 valence electrons. The van der Waals surface area contributed by atoms with E-state index < -0.39 is 0 Å². The first kappa shape index (κ1) is 12.6. The van der Waals surface area contributed by atoms with Gasteiger partial charge in [0.1, 0.15) is 0 Å². The summed E-state index contributed by atoms with van der Waals surface area (Å²) in [7, 11) is 0. The second-order valence-electron chi connectivity index (χ2n) is 4.98. The predicted molar refractivity (Wildman–Crippen MR) is 76.7 cm³/mol. The molecule has 19 heavy (non-hydrogen) atoms. The fourth-order valence-corrected chi connectivity index (χ4v) is 2.82. The number of fused-ring (bicyclic) bond motifs is 1. The SMILES string of the molecule is O=c1c2cccc(Cl)c2ncn1CC1CCCCN1. The molecule has 2 aromatic rings. The summed E-state index contributed by atoms with van der Waals surface area (Å²) < 4.78 is 1.68. The highest BCUT2D eigenvalue weighted by atomic mass is 35.5. The minimum atomic E-state index is -0.0140. The Kier molecular flexibility index (Phi) is 3.53. The second-order valence-corrected chi connectivity index (χ2v) is 5.39. The molecule has 1 N–H and O–H groups in total. The molecule has 0 radical (unpaired) electrons. The highest BCUT2D eigenvalue weighted by molar-refractivity contribution is 6.34. The largest absolute Gasteiger partial charge is 0.312 e. The van der Waals surface area contributed by atoms with E-state index in [1.165, 1.54) is 12.8 Å². The van der Waals surface area contributed by atoms with Crippen LogP contribution >= 0.6 is 11.6 Å². The number of hydrogen-bond donors (Lipinski definition) is 1. The summed E-state index contributed by atoms with van der Waals surface area (Å²) in [5.74, 6) is 0. The van der Waals surface area contributed by atoms with Gasteiger partial charge in [-0.25, -0.2) is 4.98 Å². The molecule has 1 unspecified atom stereocenters. The van der Waals surface area contributed by atoms with E-state index in [2.05, 4.69) is 10.3 Å². The number of para-hydroxylation sites is 1. The van der Waals surface area contributed by atoms with Gasteiger partial charge in [-0.15, -0.1) is 0 Å². The maximum absolute atomic E-state index is 12.4. The van der Waals surface area contributed by atoms with Crippen LogP contribution in [0.5, 0.6) is 0 Å². The van der Waals surface area contributed by atoms with Crippen molar-refractivity contribution in [3.05, 3.63) is 39.9 Å². The van der Waals surface area contributed by atoms with Gasteiger partial charge in [0.2, 0.25) is 0 Å². The number of nitrogens with one attached hydrogen (secondary N) is 1. The topological polar surface area (TPSA) is 46.9 Å². The van der Waals surface area contributed by atoms with Crippen LogP contribution in [0.1, 0.15) is 19.3 Å². The van der Waals surface area contributed by atoms with Crippen molar-refractivity contribution in [1.29, 1.82) is 0 Å². The molecule has 4 nitrogen and oxygen atoms in total. The molecule has 1 aliphatic heterocycles. The molecule has 1 saturated heterocycles. The van der Waals surface area contributed by atoms with Gasteiger partial charge in [0.15, 0.2) is 0 Å². The lowest BCUT2D eigenvalue weighted by molar-refractivity contribution is 0.359. The van der Waals surface area contributed by atoms with Gasteiger partial charge in [0.05, 0.1) is 22.3 Å². The zero-order valence-corrected chi connectivity index (χ0v) is 11.4. The summed E-state index contributed by atoms with van der Waals surface area (Å²) in [6.07, 6.45) is 5.16. The Hall–Kier alpha value is -1.39. The third kappa shape index (κ3) is 2.51. The standard InChI is InChI=1S/C14H16ClN3O/c15-12-6-3-5-11-13(12)17-9-18(14(11)19)8-10-4-1-2-7-16-10/h3,5-6,9-10,16H,1-2,4,7-8H2. The number of halogens is 1. The average molecular weight is 278 g/mol. The molecular weight excluding hydrogens is 262 g/mol. The Morgan fingerprint density at radius 2 is 2.32 bits per heavy atom. The van der Waals surface area contributed by atoms with Crippen LogP contribution in [0, 0.1) is 0 Å². The number of piperidine rings is 1. The van der Waals surface area contributed by atoms with E-state index in [1.54, 1.807) is 29.1 Å². The molecule has 1 aromatic carbocycles. The molecule has 0 saturated carbocycles. The smallest absolute Gasteiger partial charge is 0.261 e. The van der Waals surface area contributed by atoms with Crippen molar-refractivity contribution in [2.75, 3.05) is 6.54 Å². The van der Waals surface area contributed by atoms with E-state index >= 15 is 0 Å². The summed E-state index contributed by atoms with van der Waals surface area (Å²) in [6, 6.07) is 5.69. The minimum absolute atomic E-state index is 0.0140. The zero-order chi connectivity index (χ0) is 13.2. The predicted octanol–water partition coefficient (Wildman–Crippen LogP) is 2.19. The van der Waals surface area contributed by atoms with E-state index in [1.807, 2.05) is 0 Å². The number of aromatic nitrogens is 2. The summed E-state index contributed by atoms with van der Waals surface area (Å²) in [6.45, 7) is 1.71. The van der Waals surface area contributed by atoms with Gasteiger partial charge in [-0.2, -0.15) is 0 Å². The van der Waals surface area contributed by atoms with Gasteiger partial charge < -0.3 is 5.32 Å². The number of hydrogen-bond acceptors (Lipinski definition) is 3. The normalized spacial score (nSPS) is 19.7. The molecule has 0 aliphatic carbocycles. The van der Waals surface area contributed by atoms with Crippen LogP contribution in [0.3, 0.4) is 0 Å². The Morgan fingerprint density at radius 3 is 3.11 bits per heavy atom. The Bertz CT molecular complexity index is 647. The molecule has 1 aliphatic rings. The number of nitrogens with zero attached hydrogens (tertiary/aromatic N) is 2. The van der Waals surface area contributed by atoms with Crippen LogP contribution in [0.4, 0.5) is 0 Å². The van der Waals surface area contributed by atoms with Crippen LogP contribution in [0.25, 0.3) is 10.9 Å². The van der Waals surface area contributed by atoms with Gasteiger partial charge in [-0.3, -0.25) is 9.36 Å². The van der Waals surface area contributed by atoms with Crippen molar-refractivity contribution in [1.82, 2.24) is 14.9 Å². The number of benzene rings is 1. The summed E-state index contributed by atoms with van der Waals surface area (Å²) in [4.78, 5) is 16.7. The Morgan fingerprint density at radius 1 is 1.42 bits per heavy atom. The molecule has 5 heteroatoms. The first-order valence-corrected chi connectivity index (χ1v) is 7.00. The molecule has 0 amide bonds. The van der Waals surface area contributed by atoms with Crippen LogP contribution in [0.15, 0.2) is 29.3 Å². The van der Waals surface area contributed by atoms with Gasteiger partial charge in [0.25, 0.3) is 5.56 Å². The van der Waals surface area contributed by atoms with Crippen molar-refractivity contribution in [2.45, 2.75) is 31.8 Å². The average Bonchev–Trinajstić information content (AvgIpc) is 2.44. The summed E-state index contributed by atoms with van der Waals surface area (Å²) in [5, 5.41) is 4.55. The molecule has 1 atom stereocenters. The molecule has 2 heterocycles. The van der Waals surface area contributed by atoms with E-state index in [-0.39, 0.29) is 5.56 Å². The van der Waals surface area contributed by atoms with E-state index in [9.17, 15) is 4.79 Å². The van der Waals surface area contributed by atoms with Crippen molar-refractivity contribution in [3.63, 3.8) is 0 Å². The maximum Gasteiger partial charge on any atom is 0.261 e. The summed E-state index contributed by atoms with van der Waals surface area (Å²) >= 11 is 6.05. The van der Waals surface area contributed by atoms with Crippen LogP contribution in [0.2, 0.25) is 5.02 Å². The lowest BCUT2D eigenvalue weighted by Gasteiger charge is -2.24. The second kappa shape index (κ2) is 5.31.